The monoisotopic (exact) mass is 255 g/mol. The van der Waals surface area contributed by atoms with E-state index >= 15 is 0 Å². The zero-order valence-electron chi connectivity index (χ0n) is 10.9. The molecule has 0 radical (unpaired) electrons. The van der Waals surface area contributed by atoms with Crippen LogP contribution in [0.2, 0.25) is 0 Å². The van der Waals surface area contributed by atoms with Gasteiger partial charge in [0.25, 0.3) is 5.91 Å². The van der Waals surface area contributed by atoms with Gasteiger partial charge in [-0.15, -0.1) is 0 Å². The quantitative estimate of drug-likeness (QED) is 0.859. The lowest BCUT2D eigenvalue weighted by Crippen LogP contribution is -2.31. The third kappa shape index (κ3) is 4.43. The van der Waals surface area contributed by atoms with Gasteiger partial charge >= 0.3 is 6.43 Å². The number of carbonyl (C=O) groups excluding carboxylic acids is 1. The van der Waals surface area contributed by atoms with E-state index in [0.29, 0.717) is 5.92 Å². The molecule has 4 heteroatoms. The van der Waals surface area contributed by atoms with Crippen molar-refractivity contribution in [3.8, 4) is 0 Å². The first-order chi connectivity index (χ1) is 8.40. The first-order valence-corrected chi connectivity index (χ1v) is 6.07. The summed E-state index contributed by atoms with van der Waals surface area (Å²) in [5.41, 5.74) is 2.04. The molecule has 0 saturated heterocycles. The van der Waals surface area contributed by atoms with Crippen molar-refractivity contribution >= 4 is 5.91 Å². The van der Waals surface area contributed by atoms with E-state index in [1.54, 1.807) is 6.92 Å². The number of rotatable bonds is 5. The Morgan fingerprint density at radius 3 is 2.17 bits per heavy atom. The minimum atomic E-state index is -2.97. The topological polar surface area (TPSA) is 29.1 Å². The second-order valence-electron chi connectivity index (χ2n) is 4.87. The molecule has 1 aromatic carbocycles. The fourth-order valence-corrected chi connectivity index (χ4v) is 1.77. The van der Waals surface area contributed by atoms with E-state index in [2.05, 4.69) is 19.2 Å². The summed E-state index contributed by atoms with van der Waals surface area (Å²) in [6, 6.07) is 7.28. The molecule has 1 aromatic rings. The van der Waals surface area contributed by atoms with Crippen LogP contribution in [-0.4, -0.2) is 12.3 Å². The van der Waals surface area contributed by atoms with E-state index in [4.69, 9.17) is 0 Å². The van der Waals surface area contributed by atoms with Crippen LogP contribution in [0.3, 0.4) is 0 Å². The summed E-state index contributed by atoms with van der Waals surface area (Å²) in [4.78, 5) is 10.9. The Kier molecular flexibility index (Phi) is 5.25. The molecule has 2 nitrogen and oxygen atoms in total. The summed E-state index contributed by atoms with van der Waals surface area (Å²) in [5.74, 6) is -0.652. The number of nitrogens with one attached hydrogen (secondary N) is 1. The maximum atomic E-state index is 12.1. The van der Waals surface area contributed by atoms with Gasteiger partial charge in [-0.3, -0.25) is 4.79 Å². The molecule has 0 aliphatic carbocycles. The number of halogens is 2. The number of hydrogen-bond donors (Lipinski definition) is 1. The fraction of sp³-hybridized carbons (Fsp3) is 0.500. The number of alkyl halides is 2. The predicted octanol–water partition coefficient (Wildman–Crippen LogP) is 3.33. The normalized spacial score (nSPS) is 12.8. The SMILES string of the molecule is CC(C)Cc1ccc(C(C)NC(=O)C(F)F)cc1. The van der Waals surface area contributed by atoms with Gasteiger partial charge in [0.05, 0.1) is 6.04 Å². The highest BCUT2D eigenvalue weighted by molar-refractivity contribution is 5.79. The van der Waals surface area contributed by atoms with Gasteiger partial charge in [-0.2, -0.15) is 8.78 Å². The van der Waals surface area contributed by atoms with Crippen LogP contribution in [0, 0.1) is 5.92 Å². The lowest BCUT2D eigenvalue weighted by atomic mass is 10.00. The molecular formula is C14H19F2NO. The molecule has 1 amide bonds. The highest BCUT2D eigenvalue weighted by atomic mass is 19.3. The van der Waals surface area contributed by atoms with Crippen molar-refractivity contribution in [1.29, 1.82) is 0 Å². The first kappa shape index (κ1) is 14.6. The summed E-state index contributed by atoms with van der Waals surface area (Å²) in [6.07, 6.45) is -1.98. The minimum absolute atomic E-state index is 0.403. The summed E-state index contributed by atoms with van der Waals surface area (Å²) < 4.78 is 24.2. The lowest BCUT2D eigenvalue weighted by molar-refractivity contribution is -0.132. The molecule has 1 N–H and O–H groups in total. The van der Waals surface area contributed by atoms with Gasteiger partial charge in [0, 0.05) is 0 Å². The van der Waals surface area contributed by atoms with Crippen molar-refractivity contribution in [1.82, 2.24) is 5.32 Å². The van der Waals surface area contributed by atoms with E-state index in [9.17, 15) is 13.6 Å². The molecule has 0 fully saturated rings. The van der Waals surface area contributed by atoms with Crippen LogP contribution in [0.1, 0.15) is 37.9 Å². The van der Waals surface area contributed by atoms with Gasteiger partial charge in [0.1, 0.15) is 0 Å². The molecule has 0 bridgehead atoms. The van der Waals surface area contributed by atoms with Crippen molar-refractivity contribution in [3.63, 3.8) is 0 Å². The molecule has 0 saturated carbocycles. The molecule has 0 aliphatic rings. The van der Waals surface area contributed by atoms with Crippen LogP contribution in [0.5, 0.6) is 0 Å². The smallest absolute Gasteiger partial charge is 0.315 e. The Morgan fingerprint density at radius 1 is 1.17 bits per heavy atom. The van der Waals surface area contributed by atoms with E-state index in [0.717, 1.165) is 12.0 Å². The average molecular weight is 255 g/mol. The molecule has 0 aromatic heterocycles. The van der Waals surface area contributed by atoms with Crippen LogP contribution in [-0.2, 0) is 11.2 Å². The summed E-state index contributed by atoms with van der Waals surface area (Å²) in [5, 5.41) is 2.27. The van der Waals surface area contributed by atoms with Crippen molar-refractivity contribution < 1.29 is 13.6 Å². The number of benzene rings is 1. The third-order valence-corrected chi connectivity index (χ3v) is 2.68. The van der Waals surface area contributed by atoms with E-state index in [-0.39, 0.29) is 0 Å². The first-order valence-electron chi connectivity index (χ1n) is 6.07. The van der Waals surface area contributed by atoms with Gasteiger partial charge in [-0.25, -0.2) is 0 Å². The zero-order valence-corrected chi connectivity index (χ0v) is 10.9. The predicted molar refractivity (Wildman–Crippen MR) is 67.5 cm³/mol. The van der Waals surface area contributed by atoms with Crippen LogP contribution in [0.4, 0.5) is 8.78 Å². The maximum absolute atomic E-state index is 12.1. The van der Waals surface area contributed by atoms with Crippen molar-refractivity contribution in [2.24, 2.45) is 5.92 Å². The Hall–Kier alpha value is -1.45. The molecule has 0 heterocycles. The second kappa shape index (κ2) is 6.47. The van der Waals surface area contributed by atoms with Crippen molar-refractivity contribution in [2.45, 2.75) is 39.7 Å². The minimum Gasteiger partial charge on any atom is -0.345 e. The summed E-state index contributed by atoms with van der Waals surface area (Å²) >= 11 is 0. The Balaban J connectivity index is 2.64. The van der Waals surface area contributed by atoms with Crippen molar-refractivity contribution in [3.05, 3.63) is 35.4 Å². The Morgan fingerprint density at radius 2 is 1.72 bits per heavy atom. The van der Waals surface area contributed by atoms with Crippen LogP contribution in [0.25, 0.3) is 0 Å². The molecule has 1 atom stereocenters. The maximum Gasteiger partial charge on any atom is 0.315 e. The molecule has 100 valence electrons. The summed E-state index contributed by atoms with van der Waals surface area (Å²) in [7, 11) is 0. The van der Waals surface area contributed by atoms with E-state index in [1.165, 1.54) is 5.56 Å². The molecule has 0 aliphatic heterocycles. The fourth-order valence-electron chi connectivity index (χ4n) is 1.77. The average Bonchev–Trinajstić information content (AvgIpc) is 2.28. The van der Waals surface area contributed by atoms with Crippen LogP contribution in [0.15, 0.2) is 24.3 Å². The number of hydrogen-bond acceptors (Lipinski definition) is 1. The Labute approximate surface area is 106 Å². The summed E-state index contributed by atoms with van der Waals surface area (Å²) in [6.45, 7) is 5.97. The second-order valence-corrected chi connectivity index (χ2v) is 4.87. The third-order valence-electron chi connectivity index (χ3n) is 2.68. The van der Waals surface area contributed by atoms with E-state index in [1.807, 2.05) is 24.3 Å². The number of amides is 1. The molecular weight excluding hydrogens is 236 g/mol. The largest absolute Gasteiger partial charge is 0.345 e. The molecule has 18 heavy (non-hydrogen) atoms. The van der Waals surface area contributed by atoms with Crippen LogP contribution >= 0.6 is 0 Å². The van der Waals surface area contributed by atoms with Gasteiger partial charge < -0.3 is 5.32 Å². The van der Waals surface area contributed by atoms with Crippen LogP contribution < -0.4 is 5.32 Å². The van der Waals surface area contributed by atoms with Gasteiger partial charge in [0.2, 0.25) is 0 Å². The van der Waals surface area contributed by atoms with Crippen molar-refractivity contribution in [2.75, 3.05) is 0 Å². The van der Waals surface area contributed by atoms with Gasteiger partial charge in [0.15, 0.2) is 0 Å². The zero-order chi connectivity index (χ0) is 13.7. The highest BCUT2D eigenvalue weighted by Crippen LogP contribution is 2.15. The van der Waals surface area contributed by atoms with Gasteiger partial charge in [-0.1, -0.05) is 38.1 Å². The molecule has 1 rings (SSSR count). The highest BCUT2D eigenvalue weighted by Gasteiger charge is 2.17. The molecule has 1 unspecified atom stereocenters. The standard InChI is InChI=1S/C14H19F2NO/c1-9(2)8-11-4-6-12(7-5-11)10(3)17-14(18)13(15)16/h4-7,9-10,13H,8H2,1-3H3,(H,17,18). The van der Waals surface area contributed by atoms with Gasteiger partial charge in [-0.05, 0) is 30.4 Å². The Bertz CT molecular complexity index is 387. The van der Waals surface area contributed by atoms with E-state index < -0.39 is 18.4 Å². The molecule has 0 spiro atoms. The number of carbonyl (C=O) groups is 1. The lowest BCUT2D eigenvalue weighted by Gasteiger charge is -2.14.